The Morgan fingerprint density at radius 1 is 1.09 bits per heavy atom. The van der Waals surface area contributed by atoms with E-state index in [9.17, 15) is 22.8 Å². The summed E-state index contributed by atoms with van der Waals surface area (Å²) in [6, 6.07) is 12.5. The highest BCUT2D eigenvalue weighted by molar-refractivity contribution is 7.92. The van der Waals surface area contributed by atoms with E-state index in [1.807, 2.05) is 13.8 Å². The van der Waals surface area contributed by atoms with Crippen molar-refractivity contribution < 1.29 is 13.2 Å². The highest BCUT2D eigenvalue weighted by Gasteiger charge is 2.25. The number of H-pyrrole nitrogens is 1. The number of anilines is 3. The summed E-state index contributed by atoms with van der Waals surface area (Å²) < 4.78 is 28.8. The van der Waals surface area contributed by atoms with Gasteiger partial charge in [0, 0.05) is 26.2 Å². The fourth-order valence-corrected chi connectivity index (χ4v) is 4.82. The minimum atomic E-state index is -3.97. The maximum Gasteiger partial charge on any atom is 0.330 e. The smallest absolute Gasteiger partial charge is 0.330 e. The number of aryl methyl sites for hydroxylation is 1. The fraction of sp³-hybridized carbons (Fsp3) is 0.292. The third-order valence-electron chi connectivity index (χ3n) is 5.73. The number of nitrogens with zero attached hydrogens (tertiary/aromatic N) is 3. The molecule has 0 fully saturated rings. The van der Waals surface area contributed by atoms with Gasteiger partial charge in [0.2, 0.25) is 0 Å². The predicted octanol–water partition coefficient (Wildman–Crippen LogP) is 2.33. The molecular weight excluding hydrogens is 470 g/mol. The van der Waals surface area contributed by atoms with Crippen LogP contribution in [0.5, 0.6) is 0 Å². The van der Waals surface area contributed by atoms with Crippen molar-refractivity contribution in [3.05, 3.63) is 80.5 Å². The number of sulfonamides is 1. The molecule has 186 valence electrons. The van der Waals surface area contributed by atoms with Crippen LogP contribution in [0.3, 0.4) is 0 Å². The molecule has 0 saturated carbocycles. The fourth-order valence-electron chi connectivity index (χ4n) is 3.58. The van der Waals surface area contributed by atoms with Gasteiger partial charge in [0.05, 0.1) is 10.6 Å². The lowest BCUT2D eigenvalue weighted by Gasteiger charge is -2.22. The van der Waals surface area contributed by atoms with Crippen molar-refractivity contribution >= 4 is 33.1 Å². The van der Waals surface area contributed by atoms with Crippen LogP contribution in [0.1, 0.15) is 35.7 Å². The van der Waals surface area contributed by atoms with Gasteiger partial charge in [-0.1, -0.05) is 37.1 Å². The molecule has 1 heterocycles. The summed E-state index contributed by atoms with van der Waals surface area (Å²) in [5.41, 5.74) is 5.96. The van der Waals surface area contributed by atoms with Gasteiger partial charge in [0.15, 0.2) is 5.69 Å². The lowest BCUT2D eigenvalue weighted by Crippen LogP contribution is -2.39. The van der Waals surface area contributed by atoms with Gasteiger partial charge in [-0.3, -0.25) is 23.4 Å². The molecule has 0 aliphatic heterocycles. The first kappa shape index (κ1) is 25.8. The van der Waals surface area contributed by atoms with Crippen molar-refractivity contribution in [2.75, 3.05) is 29.0 Å². The molecule has 2 aromatic carbocycles. The first-order valence-electron chi connectivity index (χ1n) is 11.0. The van der Waals surface area contributed by atoms with E-state index < -0.39 is 27.2 Å². The number of nitrogens with one attached hydrogen (secondary N) is 1. The van der Waals surface area contributed by atoms with E-state index in [0.29, 0.717) is 12.1 Å². The summed E-state index contributed by atoms with van der Waals surface area (Å²) in [6.07, 6.45) is 1.45. The van der Waals surface area contributed by atoms with Gasteiger partial charge in [-0.2, -0.15) is 0 Å². The number of carbonyl (C=O) groups excluding carboxylic acids is 1. The zero-order valence-electron chi connectivity index (χ0n) is 20.1. The molecule has 0 aliphatic rings. The number of hydrogen-bond acceptors (Lipinski definition) is 6. The Bertz CT molecular complexity index is 1460. The van der Waals surface area contributed by atoms with E-state index >= 15 is 0 Å². The average molecular weight is 500 g/mol. The Morgan fingerprint density at radius 2 is 1.74 bits per heavy atom. The van der Waals surface area contributed by atoms with Gasteiger partial charge in [0.1, 0.15) is 5.82 Å². The summed E-state index contributed by atoms with van der Waals surface area (Å²) in [7, 11) is -1.19. The second kappa shape index (κ2) is 10.2. The first-order valence-corrected chi connectivity index (χ1v) is 12.5. The number of amides is 1. The predicted molar refractivity (Wildman–Crippen MR) is 137 cm³/mol. The van der Waals surface area contributed by atoms with E-state index in [4.69, 9.17) is 5.73 Å². The summed E-state index contributed by atoms with van der Waals surface area (Å²) in [4.78, 5) is 41.1. The monoisotopic (exact) mass is 499 g/mol. The van der Waals surface area contributed by atoms with Gasteiger partial charge in [-0.05, 0) is 43.7 Å². The van der Waals surface area contributed by atoms with Crippen LogP contribution in [0, 0.1) is 6.92 Å². The molecule has 11 heteroatoms. The summed E-state index contributed by atoms with van der Waals surface area (Å²) in [5, 5.41) is 0. The zero-order valence-corrected chi connectivity index (χ0v) is 20.9. The molecule has 0 spiro atoms. The average Bonchev–Trinajstić information content (AvgIpc) is 2.83. The molecule has 0 atom stereocenters. The molecule has 0 saturated heterocycles. The van der Waals surface area contributed by atoms with Gasteiger partial charge < -0.3 is 10.6 Å². The van der Waals surface area contributed by atoms with Gasteiger partial charge in [0.25, 0.3) is 21.5 Å². The van der Waals surface area contributed by atoms with Crippen molar-refractivity contribution in [2.24, 2.45) is 0 Å². The van der Waals surface area contributed by atoms with Crippen molar-refractivity contribution in [2.45, 2.75) is 38.1 Å². The van der Waals surface area contributed by atoms with Crippen molar-refractivity contribution in [3.63, 3.8) is 0 Å². The number of hydrogen-bond donors (Lipinski definition) is 2. The lowest BCUT2D eigenvalue weighted by molar-refractivity contribution is 0.0992. The normalized spacial score (nSPS) is 11.3. The second-order valence-corrected chi connectivity index (χ2v) is 10.2. The SMILES string of the molecule is CCCCn1c(N)c(N(C)C(=O)c2cccc(S(=O)(=O)N(C)c3ccc(C)cc3)c2)c(=O)[nH]c1=O. The quantitative estimate of drug-likeness (QED) is 0.488. The highest BCUT2D eigenvalue weighted by atomic mass is 32.2. The molecule has 0 unspecified atom stereocenters. The van der Waals surface area contributed by atoms with Crippen LogP contribution in [-0.2, 0) is 16.6 Å². The Hall–Kier alpha value is -3.86. The van der Waals surface area contributed by atoms with Gasteiger partial charge in [-0.25, -0.2) is 13.2 Å². The van der Waals surface area contributed by atoms with Crippen LogP contribution in [0.4, 0.5) is 17.2 Å². The Kier molecular flexibility index (Phi) is 7.49. The number of rotatable bonds is 8. The number of benzene rings is 2. The molecule has 0 bridgehead atoms. The number of nitrogen functional groups attached to an aromatic ring is 1. The zero-order chi connectivity index (χ0) is 25.9. The molecule has 0 aliphatic carbocycles. The van der Waals surface area contributed by atoms with Crippen LogP contribution >= 0.6 is 0 Å². The van der Waals surface area contributed by atoms with Crippen LogP contribution in [0.25, 0.3) is 0 Å². The van der Waals surface area contributed by atoms with Gasteiger partial charge in [-0.15, -0.1) is 0 Å². The number of carbonyl (C=O) groups is 1. The van der Waals surface area contributed by atoms with E-state index in [1.54, 1.807) is 24.3 Å². The van der Waals surface area contributed by atoms with Crippen molar-refractivity contribution in [3.8, 4) is 0 Å². The van der Waals surface area contributed by atoms with Gasteiger partial charge >= 0.3 is 5.69 Å². The Balaban J connectivity index is 1.98. The van der Waals surface area contributed by atoms with Crippen LogP contribution in [0.2, 0.25) is 0 Å². The molecule has 3 N–H and O–H groups in total. The topological polar surface area (TPSA) is 139 Å². The van der Waals surface area contributed by atoms with Crippen LogP contribution in [-0.4, -0.2) is 38.0 Å². The standard InChI is InChI=1S/C24H29N5O5S/c1-5-6-14-29-21(25)20(22(30)26-24(29)32)27(3)23(31)17-8-7-9-19(15-17)35(33,34)28(4)18-12-10-16(2)11-13-18/h7-13,15H,5-6,14,25H2,1-4H3,(H,26,30,32). The van der Waals surface area contributed by atoms with E-state index in [0.717, 1.165) is 21.2 Å². The molecular formula is C24H29N5O5S. The molecule has 1 amide bonds. The maximum atomic E-state index is 13.2. The number of nitrogens with two attached hydrogens (primary N) is 1. The molecule has 1 aromatic heterocycles. The number of aromatic amines is 1. The first-order chi connectivity index (χ1) is 16.5. The Morgan fingerprint density at radius 3 is 2.37 bits per heavy atom. The summed E-state index contributed by atoms with van der Waals surface area (Å²) in [6.45, 7) is 4.13. The summed E-state index contributed by atoms with van der Waals surface area (Å²) in [5.74, 6) is -0.788. The van der Waals surface area contributed by atoms with Crippen LogP contribution < -0.4 is 26.2 Å². The van der Waals surface area contributed by atoms with Crippen LogP contribution in [0.15, 0.2) is 63.0 Å². The third-order valence-corrected chi connectivity index (χ3v) is 7.51. The highest BCUT2D eigenvalue weighted by Crippen LogP contribution is 2.24. The van der Waals surface area contributed by atoms with Crippen molar-refractivity contribution in [1.29, 1.82) is 0 Å². The maximum absolute atomic E-state index is 13.2. The minimum absolute atomic E-state index is 0.0380. The third kappa shape index (κ3) is 5.14. The molecule has 0 radical (unpaired) electrons. The molecule has 10 nitrogen and oxygen atoms in total. The number of unbranched alkanes of at least 4 members (excludes halogenated alkanes) is 1. The van der Waals surface area contributed by atoms with E-state index in [1.165, 1.54) is 42.9 Å². The van der Waals surface area contributed by atoms with E-state index in [2.05, 4.69) is 4.98 Å². The molecule has 35 heavy (non-hydrogen) atoms. The molecule has 3 rings (SSSR count). The van der Waals surface area contributed by atoms with Crippen molar-refractivity contribution in [1.82, 2.24) is 9.55 Å². The lowest BCUT2D eigenvalue weighted by atomic mass is 10.2. The summed E-state index contributed by atoms with van der Waals surface area (Å²) >= 11 is 0. The van der Waals surface area contributed by atoms with E-state index in [-0.39, 0.29) is 28.5 Å². The molecule has 3 aromatic rings. The Labute approximate surface area is 203 Å². The minimum Gasteiger partial charge on any atom is -0.383 e. The largest absolute Gasteiger partial charge is 0.383 e. The second-order valence-electron chi connectivity index (χ2n) is 8.20. The number of aromatic nitrogens is 2.